The highest BCUT2D eigenvalue weighted by molar-refractivity contribution is 8.00. The van der Waals surface area contributed by atoms with Crippen molar-refractivity contribution in [2.45, 2.75) is 53.6 Å². The summed E-state index contributed by atoms with van der Waals surface area (Å²) in [5.74, 6) is -0.140. The van der Waals surface area contributed by atoms with E-state index in [9.17, 15) is 14.0 Å². The summed E-state index contributed by atoms with van der Waals surface area (Å²) in [6, 6.07) is 15.6. The Morgan fingerprint density at radius 1 is 1.12 bits per heavy atom. The fourth-order valence-corrected chi connectivity index (χ4v) is 6.91. The van der Waals surface area contributed by atoms with Crippen LogP contribution < -0.4 is 10.9 Å². The largest absolute Gasteiger partial charge is 0.351 e. The molecule has 8 heteroatoms. The lowest BCUT2D eigenvalue weighted by Gasteiger charge is -2.24. The van der Waals surface area contributed by atoms with Crippen LogP contribution in [0.15, 0.2) is 69.6 Å². The SMILES string of the molecule is O=C(CSc1nc2c(c(=O)n1-c1ccc(F)cc1)C1CCCCC1S2)NCc1ccccc1. The molecule has 5 rings (SSSR count). The number of fused-ring (bicyclic) bond motifs is 3. The molecule has 2 aromatic carbocycles. The summed E-state index contributed by atoms with van der Waals surface area (Å²) >= 11 is 2.93. The van der Waals surface area contributed by atoms with Crippen molar-refractivity contribution in [1.29, 1.82) is 0 Å². The molecule has 0 radical (unpaired) electrons. The minimum atomic E-state index is -0.363. The van der Waals surface area contributed by atoms with Crippen molar-refractivity contribution in [3.05, 3.63) is 81.9 Å². The van der Waals surface area contributed by atoms with Gasteiger partial charge in [0.2, 0.25) is 5.91 Å². The van der Waals surface area contributed by atoms with E-state index in [0.717, 1.165) is 35.4 Å². The number of aromatic nitrogens is 2. The molecule has 1 amide bonds. The van der Waals surface area contributed by atoms with Crippen molar-refractivity contribution in [3.8, 4) is 5.69 Å². The van der Waals surface area contributed by atoms with Gasteiger partial charge in [-0.25, -0.2) is 9.37 Å². The molecule has 2 unspecified atom stereocenters. The molecule has 0 saturated heterocycles. The first-order chi connectivity index (χ1) is 16.1. The molecule has 33 heavy (non-hydrogen) atoms. The maximum Gasteiger partial charge on any atom is 0.263 e. The highest BCUT2D eigenvalue weighted by Crippen LogP contribution is 2.50. The van der Waals surface area contributed by atoms with E-state index in [4.69, 9.17) is 4.98 Å². The second-order valence-corrected chi connectivity index (χ2v) is 10.5. The smallest absolute Gasteiger partial charge is 0.263 e. The van der Waals surface area contributed by atoms with Gasteiger partial charge >= 0.3 is 0 Å². The lowest BCUT2D eigenvalue weighted by Crippen LogP contribution is -2.29. The molecule has 5 nitrogen and oxygen atoms in total. The van der Waals surface area contributed by atoms with E-state index in [2.05, 4.69) is 5.32 Å². The van der Waals surface area contributed by atoms with E-state index in [-0.39, 0.29) is 29.0 Å². The van der Waals surface area contributed by atoms with Crippen LogP contribution in [0.4, 0.5) is 4.39 Å². The molecular weight excluding hydrogens is 457 g/mol. The van der Waals surface area contributed by atoms with E-state index in [1.807, 2.05) is 30.3 Å². The normalized spacial score (nSPS) is 19.1. The summed E-state index contributed by atoms with van der Waals surface area (Å²) in [5, 5.41) is 4.57. The highest BCUT2D eigenvalue weighted by atomic mass is 32.2. The molecular formula is C25H24FN3O2S2. The number of benzene rings is 2. The number of nitrogens with zero attached hydrogens (tertiary/aromatic N) is 2. The molecule has 1 saturated carbocycles. The van der Waals surface area contributed by atoms with Crippen LogP contribution in [0, 0.1) is 5.82 Å². The number of amides is 1. The lowest BCUT2D eigenvalue weighted by molar-refractivity contribution is -0.118. The summed E-state index contributed by atoms with van der Waals surface area (Å²) in [7, 11) is 0. The zero-order valence-electron chi connectivity index (χ0n) is 18.0. The van der Waals surface area contributed by atoms with E-state index in [0.29, 0.717) is 22.6 Å². The van der Waals surface area contributed by atoms with Crippen LogP contribution in [0.3, 0.4) is 0 Å². The third-order valence-corrected chi connectivity index (χ3v) is 8.48. The number of carbonyl (C=O) groups is 1. The summed E-state index contributed by atoms with van der Waals surface area (Å²) in [6.07, 6.45) is 4.39. The van der Waals surface area contributed by atoms with Crippen LogP contribution in [0.5, 0.6) is 0 Å². The van der Waals surface area contributed by atoms with E-state index in [1.54, 1.807) is 28.5 Å². The molecule has 0 bridgehead atoms. The average molecular weight is 482 g/mol. The monoisotopic (exact) mass is 481 g/mol. The van der Waals surface area contributed by atoms with Gasteiger partial charge in [0.1, 0.15) is 10.8 Å². The Morgan fingerprint density at radius 3 is 2.67 bits per heavy atom. The fourth-order valence-electron chi connectivity index (χ4n) is 4.51. The van der Waals surface area contributed by atoms with Gasteiger partial charge in [-0.05, 0) is 42.7 Å². The molecule has 1 N–H and O–H groups in total. The number of hydrogen-bond donors (Lipinski definition) is 1. The lowest BCUT2D eigenvalue weighted by atomic mass is 9.85. The van der Waals surface area contributed by atoms with Gasteiger partial charge in [-0.15, -0.1) is 11.8 Å². The van der Waals surface area contributed by atoms with Gasteiger partial charge in [0.15, 0.2) is 5.16 Å². The van der Waals surface area contributed by atoms with Gasteiger partial charge in [0.25, 0.3) is 5.56 Å². The Kier molecular flexibility index (Phi) is 6.55. The van der Waals surface area contributed by atoms with Crippen LogP contribution in [-0.2, 0) is 11.3 Å². The molecule has 2 atom stereocenters. The average Bonchev–Trinajstić information content (AvgIpc) is 3.21. The van der Waals surface area contributed by atoms with Crippen LogP contribution in [0.1, 0.15) is 42.7 Å². The van der Waals surface area contributed by atoms with Crippen molar-refractivity contribution >= 4 is 29.4 Å². The Morgan fingerprint density at radius 2 is 1.88 bits per heavy atom. The first-order valence-electron chi connectivity index (χ1n) is 11.1. The second-order valence-electron chi connectivity index (χ2n) is 8.33. The fraction of sp³-hybridized carbons (Fsp3) is 0.320. The quantitative estimate of drug-likeness (QED) is 0.308. The van der Waals surface area contributed by atoms with Gasteiger partial charge in [-0.3, -0.25) is 14.2 Å². The van der Waals surface area contributed by atoms with Crippen molar-refractivity contribution in [2.24, 2.45) is 0 Å². The first-order valence-corrected chi connectivity index (χ1v) is 13.0. The van der Waals surface area contributed by atoms with Crippen molar-refractivity contribution in [3.63, 3.8) is 0 Å². The molecule has 1 fully saturated rings. The van der Waals surface area contributed by atoms with Gasteiger partial charge in [-0.1, -0.05) is 54.9 Å². The molecule has 2 heterocycles. The van der Waals surface area contributed by atoms with Gasteiger partial charge < -0.3 is 5.32 Å². The standard InChI is InChI=1S/C25H24FN3O2S2/c26-17-10-12-18(13-11-17)29-24(31)22-19-8-4-5-9-20(19)33-23(22)28-25(29)32-15-21(30)27-14-16-6-2-1-3-7-16/h1-3,6-7,10-13,19-20H,4-5,8-9,14-15H2,(H,27,30). The number of carbonyl (C=O) groups excluding carboxylic acids is 1. The van der Waals surface area contributed by atoms with Crippen LogP contribution >= 0.6 is 23.5 Å². The molecule has 3 aromatic rings. The Balaban J connectivity index is 1.42. The van der Waals surface area contributed by atoms with E-state index >= 15 is 0 Å². The van der Waals surface area contributed by atoms with Crippen LogP contribution in [-0.4, -0.2) is 26.5 Å². The van der Waals surface area contributed by atoms with Crippen LogP contribution in [0.25, 0.3) is 5.69 Å². The Bertz CT molecular complexity index is 1210. The minimum Gasteiger partial charge on any atom is -0.351 e. The molecule has 170 valence electrons. The maximum absolute atomic E-state index is 13.7. The Hall–Kier alpha value is -2.58. The van der Waals surface area contributed by atoms with Crippen LogP contribution in [0.2, 0.25) is 0 Å². The van der Waals surface area contributed by atoms with Crippen molar-refractivity contribution in [2.75, 3.05) is 5.75 Å². The number of nitrogens with one attached hydrogen (secondary N) is 1. The van der Waals surface area contributed by atoms with Gasteiger partial charge in [-0.2, -0.15) is 0 Å². The third kappa shape index (κ3) is 4.73. The molecule has 1 aromatic heterocycles. The first kappa shape index (κ1) is 22.2. The summed E-state index contributed by atoms with van der Waals surface area (Å²) < 4.78 is 15.1. The zero-order valence-corrected chi connectivity index (χ0v) is 19.6. The predicted molar refractivity (Wildman–Crippen MR) is 130 cm³/mol. The number of rotatable bonds is 6. The molecule has 1 aliphatic heterocycles. The minimum absolute atomic E-state index is 0.0966. The second kappa shape index (κ2) is 9.73. The summed E-state index contributed by atoms with van der Waals surface area (Å²) in [6.45, 7) is 0.446. The maximum atomic E-state index is 13.7. The third-order valence-electron chi connectivity index (χ3n) is 6.14. The Labute approximate surface area is 200 Å². The number of hydrogen-bond acceptors (Lipinski definition) is 5. The topological polar surface area (TPSA) is 64.0 Å². The highest BCUT2D eigenvalue weighted by Gasteiger charge is 2.39. The summed E-state index contributed by atoms with van der Waals surface area (Å²) in [4.78, 5) is 31.0. The van der Waals surface area contributed by atoms with E-state index < -0.39 is 0 Å². The number of thioether (sulfide) groups is 2. The van der Waals surface area contributed by atoms with E-state index in [1.165, 1.54) is 30.3 Å². The predicted octanol–water partition coefficient (Wildman–Crippen LogP) is 4.91. The zero-order chi connectivity index (χ0) is 22.8. The number of halogens is 1. The van der Waals surface area contributed by atoms with Gasteiger partial charge in [0.05, 0.1) is 17.0 Å². The molecule has 1 aliphatic carbocycles. The molecule has 2 aliphatic rings. The van der Waals surface area contributed by atoms with Gasteiger partial charge in [0, 0.05) is 17.7 Å². The molecule has 0 spiro atoms. The summed E-state index contributed by atoms with van der Waals surface area (Å²) in [5.41, 5.74) is 2.27. The van der Waals surface area contributed by atoms with Crippen molar-refractivity contribution < 1.29 is 9.18 Å². The van der Waals surface area contributed by atoms with Crippen molar-refractivity contribution in [1.82, 2.24) is 14.9 Å².